The highest BCUT2D eigenvalue weighted by Crippen LogP contribution is 2.17. The van der Waals surface area contributed by atoms with Crippen LogP contribution in [0.2, 0.25) is 0 Å². The summed E-state index contributed by atoms with van der Waals surface area (Å²) in [5.41, 5.74) is 0. The maximum absolute atomic E-state index is 11.5. The van der Waals surface area contributed by atoms with Crippen molar-refractivity contribution in [2.75, 3.05) is 46.1 Å². The van der Waals surface area contributed by atoms with Gasteiger partial charge in [-0.15, -0.1) is 0 Å². The fraction of sp³-hybridized carbons (Fsp3) is 0.846. The smallest absolute Gasteiger partial charge is 0.374 e. The second-order valence-corrected chi connectivity index (χ2v) is 5.15. The van der Waals surface area contributed by atoms with Gasteiger partial charge in [-0.05, 0) is 18.3 Å². The van der Waals surface area contributed by atoms with E-state index in [0.29, 0.717) is 32.3 Å². The number of hydrogen-bond donors (Lipinski definition) is 2. The van der Waals surface area contributed by atoms with Gasteiger partial charge in [0.25, 0.3) is 0 Å². The van der Waals surface area contributed by atoms with Gasteiger partial charge in [0.2, 0.25) is 5.91 Å². The van der Waals surface area contributed by atoms with Gasteiger partial charge in [0, 0.05) is 31.1 Å². The number of nitrogens with one attached hydrogen (secondary N) is 2. The SMILES string of the molecule is CC(=O)NCCOCC1CNCC(COCC(=O)OF)C1. The summed E-state index contributed by atoms with van der Waals surface area (Å²) in [4.78, 5) is 24.3. The summed E-state index contributed by atoms with van der Waals surface area (Å²) in [6.45, 7) is 4.74. The van der Waals surface area contributed by atoms with Gasteiger partial charge in [-0.2, -0.15) is 0 Å². The number of hydrogen-bond acceptors (Lipinski definition) is 6. The maximum Gasteiger partial charge on any atom is 0.374 e. The molecule has 0 aromatic heterocycles. The number of amides is 1. The molecule has 2 unspecified atom stereocenters. The molecule has 0 aliphatic carbocycles. The number of piperidine rings is 1. The predicted molar refractivity (Wildman–Crippen MR) is 72.0 cm³/mol. The Bertz CT molecular complexity index is 330. The van der Waals surface area contributed by atoms with E-state index in [1.165, 1.54) is 6.92 Å². The number of rotatable bonds is 9. The van der Waals surface area contributed by atoms with Crippen molar-refractivity contribution in [3.63, 3.8) is 0 Å². The van der Waals surface area contributed by atoms with Gasteiger partial charge in [0.1, 0.15) is 6.61 Å². The van der Waals surface area contributed by atoms with Gasteiger partial charge in [0.05, 0.1) is 19.8 Å². The van der Waals surface area contributed by atoms with E-state index in [4.69, 9.17) is 9.47 Å². The highest BCUT2D eigenvalue weighted by Gasteiger charge is 2.22. The molecule has 0 radical (unpaired) electrons. The molecule has 0 aromatic carbocycles. The average molecular weight is 306 g/mol. The lowest BCUT2D eigenvalue weighted by molar-refractivity contribution is -0.189. The minimum atomic E-state index is -1.02. The van der Waals surface area contributed by atoms with Gasteiger partial charge in [0.15, 0.2) is 0 Å². The molecule has 122 valence electrons. The highest BCUT2D eigenvalue weighted by molar-refractivity contribution is 5.72. The second kappa shape index (κ2) is 10.5. The lowest BCUT2D eigenvalue weighted by Gasteiger charge is -2.29. The number of halogens is 1. The molecule has 0 aromatic rings. The van der Waals surface area contributed by atoms with E-state index >= 15 is 0 Å². The molecule has 1 saturated heterocycles. The Labute approximate surface area is 123 Å². The van der Waals surface area contributed by atoms with Crippen LogP contribution in [-0.4, -0.2) is 57.9 Å². The Morgan fingerprint density at radius 1 is 1.24 bits per heavy atom. The summed E-state index contributed by atoms with van der Waals surface area (Å²) in [5.74, 6) is -0.466. The van der Waals surface area contributed by atoms with Crippen LogP contribution in [0.5, 0.6) is 0 Å². The Morgan fingerprint density at radius 3 is 2.52 bits per heavy atom. The lowest BCUT2D eigenvalue weighted by atomic mass is 9.91. The highest BCUT2D eigenvalue weighted by atomic mass is 19.3. The molecule has 21 heavy (non-hydrogen) atoms. The van der Waals surface area contributed by atoms with Crippen LogP contribution in [0, 0.1) is 11.8 Å². The third-order valence-corrected chi connectivity index (χ3v) is 3.17. The van der Waals surface area contributed by atoms with Gasteiger partial charge in [-0.3, -0.25) is 9.74 Å². The van der Waals surface area contributed by atoms with Crippen LogP contribution in [0.1, 0.15) is 13.3 Å². The minimum Gasteiger partial charge on any atom is -0.379 e. The molecule has 0 saturated carbocycles. The molecule has 2 N–H and O–H groups in total. The summed E-state index contributed by atoms with van der Waals surface area (Å²) in [7, 11) is 0. The van der Waals surface area contributed by atoms with Crippen molar-refractivity contribution in [2.45, 2.75) is 13.3 Å². The van der Waals surface area contributed by atoms with Gasteiger partial charge in [-0.1, -0.05) is 0 Å². The third kappa shape index (κ3) is 8.59. The van der Waals surface area contributed by atoms with Crippen molar-refractivity contribution < 1.29 is 28.5 Å². The van der Waals surface area contributed by atoms with E-state index in [9.17, 15) is 14.1 Å². The molecule has 0 bridgehead atoms. The minimum absolute atomic E-state index is 0.0676. The number of ether oxygens (including phenoxy) is 2. The first-order chi connectivity index (χ1) is 10.1. The maximum atomic E-state index is 11.5. The summed E-state index contributed by atoms with van der Waals surface area (Å²) in [6, 6.07) is 0. The Kier molecular flexibility index (Phi) is 8.88. The van der Waals surface area contributed by atoms with E-state index in [1.54, 1.807) is 0 Å². The fourth-order valence-electron chi connectivity index (χ4n) is 2.26. The summed E-state index contributed by atoms with van der Waals surface area (Å²) < 4.78 is 22.1. The normalized spacial score (nSPS) is 21.8. The van der Waals surface area contributed by atoms with Gasteiger partial charge in [-0.25, -0.2) is 4.79 Å². The first kappa shape index (κ1) is 17.8. The van der Waals surface area contributed by atoms with Crippen LogP contribution in [0.25, 0.3) is 0 Å². The lowest BCUT2D eigenvalue weighted by Crippen LogP contribution is -2.40. The number of carbonyl (C=O) groups is 2. The van der Waals surface area contributed by atoms with E-state index < -0.39 is 5.97 Å². The van der Waals surface area contributed by atoms with Gasteiger partial charge < -0.3 is 20.1 Å². The van der Waals surface area contributed by atoms with Crippen molar-refractivity contribution in [2.24, 2.45) is 11.8 Å². The molecular formula is C13H23FN2O5. The molecule has 1 heterocycles. The van der Waals surface area contributed by atoms with E-state index in [2.05, 4.69) is 15.6 Å². The monoisotopic (exact) mass is 306 g/mol. The summed E-state index contributed by atoms with van der Waals surface area (Å²) in [5, 5.41) is 5.94. The van der Waals surface area contributed by atoms with Crippen LogP contribution in [0.3, 0.4) is 0 Å². The van der Waals surface area contributed by atoms with Crippen molar-refractivity contribution in [3.05, 3.63) is 0 Å². The molecule has 7 nitrogen and oxygen atoms in total. The van der Waals surface area contributed by atoms with Crippen LogP contribution in [-0.2, 0) is 24.0 Å². The zero-order valence-electron chi connectivity index (χ0n) is 12.2. The molecule has 1 amide bonds. The van der Waals surface area contributed by atoms with Crippen LogP contribution >= 0.6 is 0 Å². The predicted octanol–water partition coefficient (Wildman–Crippen LogP) is -0.191. The Balaban J connectivity index is 2.08. The average Bonchev–Trinajstić information content (AvgIpc) is 2.47. The molecular weight excluding hydrogens is 283 g/mol. The van der Waals surface area contributed by atoms with Crippen LogP contribution < -0.4 is 10.6 Å². The molecule has 8 heteroatoms. The van der Waals surface area contributed by atoms with E-state index in [0.717, 1.165) is 19.5 Å². The molecule has 1 fully saturated rings. The first-order valence-corrected chi connectivity index (χ1v) is 7.04. The zero-order chi connectivity index (χ0) is 15.5. The Hall–Kier alpha value is -1.25. The zero-order valence-corrected chi connectivity index (χ0v) is 12.2. The summed E-state index contributed by atoms with van der Waals surface area (Å²) >= 11 is 0. The fourth-order valence-corrected chi connectivity index (χ4v) is 2.26. The number of carbonyl (C=O) groups excluding carboxylic acids is 2. The summed E-state index contributed by atoms with van der Waals surface area (Å²) in [6.07, 6.45) is 0.914. The first-order valence-electron chi connectivity index (χ1n) is 7.04. The quantitative estimate of drug-likeness (QED) is 0.574. The van der Waals surface area contributed by atoms with Crippen LogP contribution in [0.4, 0.5) is 4.53 Å². The molecule has 1 rings (SSSR count). The molecule has 1 aliphatic heterocycles. The third-order valence-electron chi connectivity index (χ3n) is 3.17. The van der Waals surface area contributed by atoms with E-state index in [1.807, 2.05) is 0 Å². The molecule has 0 spiro atoms. The van der Waals surface area contributed by atoms with Crippen molar-refractivity contribution in [3.8, 4) is 0 Å². The van der Waals surface area contributed by atoms with Crippen molar-refractivity contribution in [1.82, 2.24) is 10.6 Å². The largest absolute Gasteiger partial charge is 0.379 e. The molecule has 2 atom stereocenters. The molecule has 1 aliphatic rings. The topological polar surface area (TPSA) is 85.9 Å². The Morgan fingerprint density at radius 2 is 1.90 bits per heavy atom. The standard InChI is InChI=1S/C13H23FN2O5/c1-10(17)16-2-3-19-7-11-4-12(6-15-5-11)8-20-9-13(18)21-14/h11-12,15H,2-9H2,1H3,(H,16,17). The van der Waals surface area contributed by atoms with Gasteiger partial charge >= 0.3 is 5.97 Å². The second-order valence-electron chi connectivity index (χ2n) is 5.15. The van der Waals surface area contributed by atoms with Crippen LogP contribution in [0.15, 0.2) is 0 Å². The van der Waals surface area contributed by atoms with Crippen molar-refractivity contribution in [1.29, 1.82) is 0 Å². The van der Waals surface area contributed by atoms with E-state index in [-0.39, 0.29) is 18.4 Å². The van der Waals surface area contributed by atoms with Crippen molar-refractivity contribution >= 4 is 11.9 Å².